The van der Waals surface area contributed by atoms with Crippen LogP contribution in [0.5, 0.6) is 0 Å². The second-order valence-corrected chi connectivity index (χ2v) is 2.96. The Hall–Kier alpha value is -1.06. The summed E-state index contributed by atoms with van der Waals surface area (Å²) in [5.41, 5.74) is 0. The van der Waals surface area contributed by atoms with E-state index in [1.165, 1.54) is 0 Å². The van der Waals surface area contributed by atoms with Gasteiger partial charge < -0.3 is 14.8 Å². The standard InChI is InChI=1S/C8H13NO3/c10-7-3-1-5-9(7)6-2-4-8(11)12/h1-6H2,(H,11,12)/p-1. The zero-order valence-electron chi connectivity index (χ0n) is 6.91. The van der Waals surface area contributed by atoms with E-state index in [9.17, 15) is 14.7 Å². The first-order valence-electron chi connectivity index (χ1n) is 4.18. The molecule has 0 aliphatic carbocycles. The fourth-order valence-electron chi connectivity index (χ4n) is 1.35. The van der Waals surface area contributed by atoms with Crippen molar-refractivity contribution < 1.29 is 14.7 Å². The Morgan fingerprint density at radius 1 is 1.58 bits per heavy atom. The highest BCUT2D eigenvalue weighted by Gasteiger charge is 2.18. The molecular weight excluding hydrogens is 158 g/mol. The third-order valence-corrected chi connectivity index (χ3v) is 1.98. The number of hydrogen-bond acceptors (Lipinski definition) is 3. The van der Waals surface area contributed by atoms with E-state index < -0.39 is 5.97 Å². The molecule has 12 heavy (non-hydrogen) atoms. The number of carboxylic acid groups (broad SMARTS) is 1. The van der Waals surface area contributed by atoms with Crippen molar-refractivity contribution in [3.05, 3.63) is 0 Å². The Kier molecular flexibility index (Phi) is 3.08. The topological polar surface area (TPSA) is 60.4 Å². The first kappa shape index (κ1) is 9.03. The molecule has 0 aromatic heterocycles. The van der Waals surface area contributed by atoms with E-state index in [1.807, 2.05) is 0 Å². The maximum Gasteiger partial charge on any atom is 0.222 e. The van der Waals surface area contributed by atoms with E-state index in [0.29, 0.717) is 19.4 Å². The summed E-state index contributed by atoms with van der Waals surface area (Å²) in [6.45, 7) is 1.35. The van der Waals surface area contributed by atoms with E-state index in [0.717, 1.165) is 13.0 Å². The minimum atomic E-state index is -1.04. The first-order chi connectivity index (χ1) is 5.70. The number of rotatable bonds is 4. The lowest BCUT2D eigenvalue weighted by Crippen LogP contribution is -2.28. The van der Waals surface area contributed by atoms with Crippen molar-refractivity contribution in [1.29, 1.82) is 0 Å². The fourth-order valence-corrected chi connectivity index (χ4v) is 1.35. The normalized spacial score (nSPS) is 17.0. The second-order valence-electron chi connectivity index (χ2n) is 2.96. The largest absolute Gasteiger partial charge is 0.550 e. The Balaban J connectivity index is 2.14. The second kappa shape index (κ2) is 4.09. The minimum Gasteiger partial charge on any atom is -0.550 e. The van der Waals surface area contributed by atoms with Gasteiger partial charge in [0.25, 0.3) is 0 Å². The van der Waals surface area contributed by atoms with Gasteiger partial charge in [-0.2, -0.15) is 0 Å². The van der Waals surface area contributed by atoms with Crippen LogP contribution in [-0.2, 0) is 9.59 Å². The van der Waals surface area contributed by atoms with Crippen LogP contribution >= 0.6 is 0 Å². The number of carbonyl (C=O) groups excluding carboxylic acids is 2. The van der Waals surface area contributed by atoms with E-state index in [4.69, 9.17) is 0 Å². The van der Waals surface area contributed by atoms with Crippen LogP contribution < -0.4 is 5.11 Å². The van der Waals surface area contributed by atoms with E-state index >= 15 is 0 Å². The summed E-state index contributed by atoms with van der Waals surface area (Å²) in [7, 11) is 0. The Labute approximate surface area is 71.2 Å². The van der Waals surface area contributed by atoms with Crippen LogP contribution in [0.4, 0.5) is 0 Å². The number of nitrogens with zero attached hydrogens (tertiary/aromatic N) is 1. The van der Waals surface area contributed by atoms with Crippen LogP contribution in [0.3, 0.4) is 0 Å². The van der Waals surface area contributed by atoms with E-state index in [2.05, 4.69) is 0 Å². The first-order valence-corrected chi connectivity index (χ1v) is 4.18. The summed E-state index contributed by atoms with van der Waals surface area (Å²) in [6.07, 6.45) is 2.08. The molecule has 0 aromatic rings. The maximum absolute atomic E-state index is 11.0. The van der Waals surface area contributed by atoms with Gasteiger partial charge in [0.2, 0.25) is 5.91 Å². The van der Waals surface area contributed by atoms with Crippen LogP contribution in [0.2, 0.25) is 0 Å². The molecular formula is C8H12NO3-. The summed E-state index contributed by atoms with van der Waals surface area (Å²) in [4.78, 5) is 22.8. The highest BCUT2D eigenvalue weighted by atomic mass is 16.4. The average molecular weight is 170 g/mol. The highest BCUT2D eigenvalue weighted by Crippen LogP contribution is 2.09. The lowest BCUT2D eigenvalue weighted by Gasteiger charge is -2.14. The lowest BCUT2D eigenvalue weighted by atomic mass is 10.3. The predicted molar refractivity (Wildman–Crippen MR) is 40.1 cm³/mol. The molecule has 1 heterocycles. The van der Waals surface area contributed by atoms with Gasteiger partial charge in [0, 0.05) is 25.5 Å². The summed E-state index contributed by atoms with van der Waals surface area (Å²) in [5, 5.41) is 10.0. The van der Waals surface area contributed by atoms with Crippen molar-refractivity contribution in [3.8, 4) is 0 Å². The molecule has 0 saturated carbocycles. The van der Waals surface area contributed by atoms with Crippen molar-refractivity contribution in [2.45, 2.75) is 25.7 Å². The molecule has 0 bridgehead atoms. The van der Waals surface area contributed by atoms with Gasteiger partial charge in [-0.05, 0) is 19.3 Å². The smallest absolute Gasteiger partial charge is 0.222 e. The molecule has 1 amide bonds. The molecule has 1 aliphatic heterocycles. The fraction of sp³-hybridized carbons (Fsp3) is 0.750. The zero-order chi connectivity index (χ0) is 8.97. The third kappa shape index (κ3) is 2.53. The molecule has 1 fully saturated rings. The minimum absolute atomic E-state index is 0.0454. The Morgan fingerprint density at radius 3 is 2.83 bits per heavy atom. The summed E-state index contributed by atoms with van der Waals surface area (Å²) >= 11 is 0. The summed E-state index contributed by atoms with van der Waals surface area (Å²) in [6, 6.07) is 0. The molecule has 0 radical (unpaired) electrons. The molecule has 0 atom stereocenters. The van der Waals surface area contributed by atoms with Crippen molar-refractivity contribution in [2.75, 3.05) is 13.1 Å². The van der Waals surface area contributed by atoms with Crippen LogP contribution in [0.25, 0.3) is 0 Å². The third-order valence-electron chi connectivity index (χ3n) is 1.98. The molecule has 1 rings (SSSR count). The average Bonchev–Trinajstić information content (AvgIpc) is 2.36. The number of hydrogen-bond donors (Lipinski definition) is 0. The number of carbonyl (C=O) groups is 2. The van der Waals surface area contributed by atoms with Gasteiger partial charge in [-0.25, -0.2) is 0 Å². The molecule has 4 heteroatoms. The monoisotopic (exact) mass is 170 g/mol. The van der Waals surface area contributed by atoms with Crippen LogP contribution in [-0.4, -0.2) is 29.9 Å². The predicted octanol–water partition coefficient (Wildman–Crippen LogP) is -0.861. The van der Waals surface area contributed by atoms with Gasteiger partial charge in [0.1, 0.15) is 0 Å². The maximum atomic E-state index is 11.0. The van der Waals surface area contributed by atoms with Gasteiger partial charge in [-0.15, -0.1) is 0 Å². The molecule has 0 aromatic carbocycles. The zero-order valence-corrected chi connectivity index (χ0v) is 6.91. The van der Waals surface area contributed by atoms with Crippen LogP contribution in [0.15, 0.2) is 0 Å². The molecule has 1 saturated heterocycles. The van der Waals surface area contributed by atoms with Gasteiger partial charge in [0.15, 0.2) is 0 Å². The molecule has 0 N–H and O–H groups in total. The number of carboxylic acids is 1. The highest BCUT2D eigenvalue weighted by molar-refractivity contribution is 5.78. The van der Waals surface area contributed by atoms with Crippen LogP contribution in [0, 0.1) is 0 Å². The van der Waals surface area contributed by atoms with Gasteiger partial charge in [-0.3, -0.25) is 4.79 Å². The lowest BCUT2D eigenvalue weighted by molar-refractivity contribution is -0.305. The van der Waals surface area contributed by atoms with Crippen LogP contribution in [0.1, 0.15) is 25.7 Å². The van der Waals surface area contributed by atoms with Gasteiger partial charge >= 0.3 is 0 Å². The van der Waals surface area contributed by atoms with E-state index in [-0.39, 0.29) is 12.3 Å². The number of likely N-dealkylation sites (tertiary alicyclic amines) is 1. The molecule has 0 unspecified atom stereocenters. The Bertz CT molecular complexity index is 191. The number of aliphatic carboxylic acids is 1. The van der Waals surface area contributed by atoms with Gasteiger partial charge in [0.05, 0.1) is 0 Å². The van der Waals surface area contributed by atoms with Crippen molar-refractivity contribution in [1.82, 2.24) is 4.90 Å². The SMILES string of the molecule is O=C([O-])CCCN1CCCC1=O. The molecule has 68 valence electrons. The van der Waals surface area contributed by atoms with Crippen molar-refractivity contribution in [3.63, 3.8) is 0 Å². The molecule has 1 aliphatic rings. The van der Waals surface area contributed by atoms with Crippen molar-refractivity contribution >= 4 is 11.9 Å². The number of amides is 1. The summed E-state index contributed by atoms with van der Waals surface area (Å²) < 4.78 is 0. The van der Waals surface area contributed by atoms with E-state index in [1.54, 1.807) is 4.90 Å². The summed E-state index contributed by atoms with van der Waals surface area (Å²) in [5.74, 6) is -0.894. The van der Waals surface area contributed by atoms with Crippen molar-refractivity contribution in [2.24, 2.45) is 0 Å². The van der Waals surface area contributed by atoms with Gasteiger partial charge in [-0.1, -0.05) is 0 Å². The molecule has 4 nitrogen and oxygen atoms in total. The Morgan fingerprint density at radius 2 is 2.33 bits per heavy atom. The quantitative estimate of drug-likeness (QED) is 0.551. The molecule has 0 spiro atoms.